The van der Waals surface area contributed by atoms with Crippen LogP contribution < -0.4 is 15.5 Å². The maximum Gasteiger partial charge on any atom is 0.287 e. The Morgan fingerprint density at radius 3 is 2.27 bits per heavy atom. The smallest absolute Gasteiger partial charge is 0.287 e. The first-order valence-corrected chi connectivity index (χ1v) is 10.9. The van der Waals surface area contributed by atoms with Gasteiger partial charge in [-0.1, -0.05) is 42.5 Å². The van der Waals surface area contributed by atoms with Gasteiger partial charge < -0.3 is 10.1 Å². The predicted molar refractivity (Wildman–Crippen MR) is 128 cm³/mol. The number of hydrogen-bond donors (Lipinski definition) is 2. The van der Waals surface area contributed by atoms with E-state index in [9.17, 15) is 9.59 Å². The fourth-order valence-electron chi connectivity index (χ4n) is 3.31. The molecule has 2 N–H and O–H groups in total. The number of hydrogen-bond acceptors (Lipinski definition) is 6. The number of thiazole rings is 1. The molecule has 190 valence electrons. The van der Waals surface area contributed by atoms with Crippen LogP contribution in [0.2, 0.25) is 0 Å². The zero-order valence-electron chi connectivity index (χ0n) is 24.2. The first kappa shape index (κ1) is 18.9. The van der Waals surface area contributed by atoms with Gasteiger partial charge in [0.1, 0.15) is 21.3 Å². The Hall–Kier alpha value is -4.29. The zero-order valence-corrected chi connectivity index (χ0v) is 19.0. The second-order valence-corrected chi connectivity index (χ2v) is 8.19. The lowest BCUT2D eigenvalue weighted by Gasteiger charge is -2.13. The minimum absolute atomic E-state index is 0.0533. The molecule has 1 heterocycles. The van der Waals surface area contributed by atoms with Crippen LogP contribution in [0.1, 0.15) is 28.4 Å². The minimum atomic E-state index is -3.06. The van der Waals surface area contributed by atoms with Crippen LogP contribution in [0.25, 0.3) is 21.7 Å². The lowest BCUT2D eigenvalue weighted by molar-refractivity contribution is 0.0539. The summed E-state index contributed by atoms with van der Waals surface area (Å²) in [5.74, 6) is -11.0. The van der Waals surface area contributed by atoms with Crippen molar-refractivity contribution in [2.45, 2.75) is 0 Å². The third kappa shape index (κ3) is 5.01. The van der Waals surface area contributed by atoms with Crippen molar-refractivity contribution in [3.05, 3.63) is 88.4 Å². The molecule has 0 aliphatic heterocycles. The van der Waals surface area contributed by atoms with E-state index < -0.39 is 76.5 Å². The molecule has 0 unspecified atom stereocenters. The monoisotopic (exact) mass is 537 g/mol. The summed E-state index contributed by atoms with van der Waals surface area (Å²) in [7, 11) is -5.99. The summed E-state index contributed by atoms with van der Waals surface area (Å²) in [6.07, 6.45) is 0. The molecule has 0 aliphatic carbocycles. The number of benzene rings is 3. The van der Waals surface area contributed by atoms with Gasteiger partial charge in [0.2, 0.25) is 0 Å². The summed E-state index contributed by atoms with van der Waals surface area (Å²) < 4.78 is 108. The van der Waals surface area contributed by atoms with Gasteiger partial charge in [-0.25, -0.2) is 28.0 Å². The van der Waals surface area contributed by atoms with Crippen LogP contribution in [0.4, 0.5) is 23.2 Å². The van der Waals surface area contributed by atoms with Crippen LogP contribution in [0.5, 0.6) is 5.75 Å². The Morgan fingerprint density at radius 2 is 1.59 bits per heavy atom. The number of amides is 2. The number of hydroxylamine groups is 1. The number of aromatic nitrogens is 1. The fourth-order valence-corrected chi connectivity index (χ4v) is 4.26. The van der Waals surface area contributed by atoms with E-state index in [0.29, 0.717) is 16.9 Å². The van der Waals surface area contributed by atoms with Crippen LogP contribution >= 0.6 is 11.3 Å². The van der Waals surface area contributed by atoms with Gasteiger partial charge in [0.15, 0.2) is 29.0 Å². The van der Waals surface area contributed by atoms with Crippen molar-refractivity contribution in [1.82, 2.24) is 10.5 Å². The average Bonchev–Trinajstić information content (AvgIpc) is 3.38. The molecule has 2 amide bonds. The molecule has 0 aliphatic rings. The number of carbonyl (C=O) groups is 2. The van der Waals surface area contributed by atoms with Gasteiger partial charge in [-0.3, -0.25) is 14.4 Å². The Bertz CT molecular complexity index is 1670. The van der Waals surface area contributed by atoms with Crippen molar-refractivity contribution in [3.8, 4) is 27.4 Å². The fraction of sp³-hybridized carbons (Fsp3) is 0.0800. The molecular formula is C25H17F4N3O4S. The van der Waals surface area contributed by atoms with Gasteiger partial charge in [-0.2, -0.15) is 0 Å². The standard InChI is InChI=1S/C25H17F4N3O4S/c1-35-14-10-6-9-13(11-14)15-16(26)18(28)20(19(29)17(15)27)30-23(33)21-22(24(34)32-36-2)37-25(31-21)12-7-4-3-5-8-12/h3-11H,1-2H3,(H,30,33)(H,32,34)/i1D3,2D3. The Kier molecular flexibility index (Phi) is 5.50. The number of ether oxygens (including phenoxy) is 1. The number of anilines is 1. The first-order valence-electron chi connectivity index (χ1n) is 13.1. The van der Waals surface area contributed by atoms with E-state index in [1.54, 1.807) is 41.1 Å². The third-order valence-corrected chi connectivity index (χ3v) is 6.06. The van der Waals surface area contributed by atoms with Gasteiger partial charge in [0.05, 0.1) is 27.9 Å². The van der Waals surface area contributed by atoms with Crippen molar-refractivity contribution in [1.29, 1.82) is 0 Å². The highest BCUT2D eigenvalue weighted by Crippen LogP contribution is 2.36. The molecule has 0 bridgehead atoms. The van der Waals surface area contributed by atoms with Gasteiger partial charge in [-0.05, 0) is 17.7 Å². The van der Waals surface area contributed by atoms with Crippen molar-refractivity contribution < 1.29 is 44.9 Å². The number of methoxy groups -OCH3 is 1. The van der Waals surface area contributed by atoms with E-state index in [2.05, 4.69) is 14.6 Å². The summed E-state index contributed by atoms with van der Waals surface area (Å²) in [6, 6.07) is 12.2. The van der Waals surface area contributed by atoms with Crippen molar-refractivity contribution in [2.24, 2.45) is 0 Å². The summed E-state index contributed by atoms with van der Waals surface area (Å²) in [4.78, 5) is 33.5. The Balaban J connectivity index is 1.73. The lowest BCUT2D eigenvalue weighted by Crippen LogP contribution is -2.25. The molecule has 0 atom stereocenters. The Morgan fingerprint density at radius 1 is 0.892 bits per heavy atom. The van der Waals surface area contributed by atoms with Crippen LogP contribution in [0.3, 0.4) is 0 Å². The maximum absolute atomic E-state index is 15.1. The highest BCUT2D eigenvalue weighted by molar-refractivity contribution is 7.17. The normalized spacial score (nSPS) is 13.8. The quantitative estimate of drug-likeness (QED) is 0.182. The SMILES string of the molecule is [2H]C([2H])([2H])ONC(=O)c1sc(-c2ccccc2)nc1C(=O)Nc1c(F)c(F)c(-c2cccc(OC([2H])([2H])[2H])c2)c(F)c1F. The van der Waals surface area contributed by atoms with Gasteiger partial charge in [-0.15, -0.1) is 11.3 Å². The number of nitrogens with zero attached hydrogens (tertiary/aromatic N) is 1. The predicted octanol–water partition coefficient (Wildman–Crippen LogP) is 5.59. The molecular weight excluding hydrogens is 514 g/mol. The average molecular weight is 538 g/mol. The number of halogens is 4. The van der Waals surface area contributed by atoms with E-state index in [-0.39, 0.29) is 10.8 Å². The number of rotatable bonds is 7. The van der Waals surface area contributed by atoms with Gasteiger partial charge >= 0.3 is 0 Å². The molecule has 1 aromatic heterocycles. The second-order valence-electron chi connectivity index (χ2n) is 7.19. The van der Waals surface area contributed by atoms with E-state index in [4.69, 9.17) is 8.22 Å². The third-order valence-electron chi connectivity index (χ3n) is 4.96. The second kappa shape index (κ2) is 10.8. The molecule has 0 radical (unpaired) electrons. The van der Waals surface area contributed by atoms with Crippen molar-refractivity contribution >= 4 is 28.8 Å². The molecule has 4 rings (SSSR count). The van der Waals surface area contributed by atoms with Gasteiger partial charge in [0.25, 0.3) is 11.8 Å². The molecule has 7 nitrogen and oxygen atoms in total. The molecule has 4 aromatic rings. The van der Waals surface area contributed by atoms with Crippen LogP contribution in [0.15, 0.2) is 54.6 Å². The zero-order chi connectivity index (χ0) is 31.7. The molecule has 0 fully saturated rings. The van der Waals surface area contributed by atoms with Crippen molar-refractivity contribution in [2.75, 3.05) is 19.4 Å². The molecule has 37 heavy (non-hydrogen) atoms. The van der Waals surface area contributed by atoms with Crippen LogP contribution in [-0.2, 0) is 4.84 Å². The molecule has 0 saturated carbocycles. The van der Waals surface area contributed by atoms with E-state index in [1.807, 2.05) is 0 Å². The highest BCUT2D eigenvalue weighted by atomic mass is 32.1. The summed E-state index contributed by atoms with van der Waals surface area (Å²) in [5, 5.41) is 1.73. The van der Waals surface area contributed by atoms with Crippen LogP contribution in [0, 0.1) is 23.3 Å². The van der Waals surface area contributed by atoms with E-state index in [0.717, 1.165) is 24.3 Å². The molecule has 12 heteroatoms. The molecule has 0 spiro atoms. The summed E-state index contributed by atoms with van der Waals surface area (Å²) >= 11 is 0.595. The Labute approximate surface area is 220 Å². The summed E-state index contributed by atoms with van der Waals surface area (Å²) in [6.45, 7) is 0. The topological polar surface area (TPSA) is 89.5 Å². The highest BCUT2D eigenvalue weighted by Gasteiger charge is 2.30. The maximum atomic E-state index is 15.1. The first-order chi connectivity index (χ1) is 20.1. The number of carbonyl (C=O) groups excluding carboxylic acids is 2. The minimum Gasteiger partial charge on any atom is -0.497 e. The van der Waals surface area contributed by atoms with E-state index >= 15 is 17.6 Å². The van der Waals surface area contributed by atoms with E-state index in [1.165, 1.54) is 0 Å². The van der Waals surface area contributed by atoms with Crippen LogP contribution in [-0.4, -0.2) is 30.9 Å². The lowest BCUT2D eigenvalue weighted by atomic mass is 10.0. The van der Waals surface area contributed by atoms with Gasteiger partial charge in [0, 0.05) is 5.56 Å². The largest absolute Gasteiger partial charge is 0.497 e. The summed E-state index contributed by atoms with van der Waals surface area (Å²) in [5.41, 5.74) is -2.00. The number of nitrogens with one attached hydrogen (secondary N) is 2. The van der Waals surface area contributed by atoms with Crippen molar-refractivity contribution in [3.63, 3.8) is 0 Å². The molecule has 3 aromatic carbocycles. The molecule has 0 saturated heterocycles.